The zero-order valence-corrected chi connectivity index (χ0v) is 12.0. The van der Waals surface area contributed by atoms with Crippen molar-refractivity contribution in [2.45, 2.75) is 18.3 Å². The minimum Gasteiger partial charge on any atom is -0.598 e. The van der Waals surface area contributed by atoms with E-state index in [9.17, 15) is 5.21 Å². The van der Waals surface area contributed by atoms with E-state index in [1.807, 2.05) is 62.4 Å². The second-order valence-corrected chi connectivity index (χ2v) is 5.69. The standard InChI is InChI=1S/C14H15BrN2O/c1-11-7-3-4-9-13(11)16-17(18)14(15)10-6-5-8-12(14)2/h3-10,12H,1-2H3. The molecule has 2 atom stereocenters. The van der Waals surface area contributed by atoms with Crippen molar-refractivity contribution in [3.63, 3.8) is 0 Å². The van der Waals surface area contributed by atoms with Gasteiger partial charge in [-0.25, -0.2) is 0 Å². The number of nitrogens with zero attached hydrogens (tertiary/aromatic N) is 2. The minimum atomic E-state index is -0.802. The van der Waals surface area contributed by atoms with E-state index in [-0.39, 0.29) is 5.92 Å². The number of hydroxylamine groups is 1. The monoisotopic (exact) mass is 306 g/mol. The van der Waals surface area contributed by atoms with Gasteiger partial charge in [-0.1, -0.05) is 48.2 Å². The number of azo groups is 1. The van der Waals surface area contributed by atoms with Crippen LogP contribution >= 0.6 is 15.9 Å². The molecule has 2 unspecified atom stereocenters. The van der Waals surface area contributed by atoms with Gasteiger partial charge in [0, 0.05) is 27.1 Å². The molecule has 0 amide bonds. The van der Waals surface area contributed by atoms with Gasteiger partial charge in [-0.05, 0) is 18.6 Å². The average Bonchev–Trinajstić information content (AvgIpc) is 2.36. The second-order valence-electron chi connectivity index (χ2n) is 4.42. The molecular weight excluding hydrogens is 292 g/mol. The molecule has 0 N–H and O–H groups in total. The molecule has 0 radical (unpaired) electrons. The summed E-state index contributed by atoms with van der Waals surface area (Å²) in [7, 11) is 0. The van der Waals surface area contributed by atoms with Gasteiger partial charge in [0.15, 0.2) is 0 Å². The lowest BCUT2D eigenvalue weighted by molar-refractivity contribution is -0.569. The first-order valence-electron chi connectivity index (χ1n) is 5.83. The van der Waals surface area contributed by atoms with Gasteiger partial charge in [-0.3, -0.25) is 0 Å². The third kappa shape index (κ3) is 2.38. The Hall–Kier alpha value is -1.42. The third-order valence-corrected chi connectivity index (χ3v) is 4.38. The molecule has 1 aliphatic carbocycles. The number of hydrogen-bond donors (Lipinski definition) is 0. The fraction of sp³-hybridized carbons (Fsp3) is 0.286. The highest BCUT2D eigenvalue weighted by Crippen LogP contribution is 2.35. The van der Waals surface area contributed by atoms with Gasteiger partial charge in [-0.2, -0.15) is 0 Å². The molecule has 18 heavy (non-hydrogen) atoms. The van der Waals surface area contributed by atoms with Crippen molar-refractivity contribution in [3.05, 3.63) is 59.3 Å². The summed E-state index contributed by atoms with van der Waals surface area (Å²) in [6.07, 6.45) is 7.60. The summed E-state index contributed by atoms with van der Waals surface area (Å²) in [5.41, 5.74) is 1.68. The summed E-state index contributed by atoms with van der Waals surface area (Å²) in [5.74, 6) is 0.0489. The Kier molecular flexibility index (Phi) is 3.66. The highest BCUT2D eigenvalue weighted by Gasteiger charge is 2.41. The van der Waals surface area contributed by atoms with Gasteiger partial charge in [-0.15, -0.1) is 0 Å². The molecule has 2 rings (SSSR count). The van der Waals surface area contributed by atoms with Gasteiger partial charge >= 0.3 is 0 Å². The van der Waals surface area contributed by atoms with Crippen molar-refractivity contribution < 1.29 is 4.86 Å². The molecule has 3 nitrogen and oxygen atoms in total. The Labute approximate surface area is 115 Å². The van der Waals surface area contributed by atoms with Gasteiger partial charge < -0.3 is 5.21 Å². The Morgan fingerprint density at radius 1 is 1.33 bits per heavy atom. The predicted octanol–water partition coefficient (Wildman–Crippen LogP) is 4.44. The van der Waals surface area contributed by atoms with Crippen LogP contribution in [0.2, 0.25) is 0 Å². The summed E-state index contributed by atoms with van der Waals surface area (Å²) >= 11 is 3.49. The minimum absolute atomic E-state index is 0.0489. The number of aryl methyl sites for hydroxylation is 1. The molecule has 1 aromatic carbocycles. The van der Waals surface area contributed by atoms with E-state index in [2.05, 4.69) is 21.0 Å². The predicted molar refractivity (Wildman–Crippen MR) is 76.0 cm³/mol. The second kappa shape index (κ2) is 5.06. The summed E-state index contributed by atoms with van der Waals surface area (Å²) < 4.78 is -0.802. The average molecular weight is 307 g/mol. The Morgan fingerprint density at radius 2 is 2.06 bits per heavy atom. The van der Waals surface area contributed by atoms with Crippen LogP contribution in [0.5, 0.6) is 0 Å². The van der Waals surface area contributed by atoms with Crippen LogP contribution < -0.4 is 0 Å². The van der Waals surface area contributed by atoms with Crippen LogP contribution in [0.15, 0.2) is 53.7 Å². The van der Waals surface area contributed by atoms with Crippen LogP contribution in [0.25, 0.3) is 0 Å². The lowest BCUT2D eigenvalue weighted by Gasteiger charge is -2.26. The first-order valence-corrected chi connectivity index (χ1v) is 6.63. The quantitative estimate of drug-likeness (QED) is 0.262. The fourth-order valence-corrected chi connectivity index (χ4v) is 2.18. The fourth-order valence-electron chi connectivity index (χ4n) is 1.80. The van der Waals surface area contributed by atoms with Gasteiger partial charge in [0.25, 0.3) is 4.45 Å². The van der Waals surface area contributed by atoms with E-state index in [0.29, 0.717) is 5.69 Å². The largest absolute Gasteiger partial charge is 0.598 e. The summed E-state index contributed by atoms with van der Waals surface area (Å²) in [5, 5.41) is 16.4. The highest BCUT2D eigenvalue weighted by molar-refractivity contribution is 9.10. The van der Waals surface area contributed by atoms with Crippen molar-refractivity contribution in [1.29, 1.82) is 0 Å². The van der Waals surface area contributed by atoms with Crippen LogP contribution in [-0.2, 0) is 0 Å². The maximum Gasteiger partial charge on any atom is 0.277 e. The topological polar surface area (TPSA) is 38.4 Å². The molecule has 0 aromatic heterocycles. The lowest BCUT2D eigenvalue weighted by Crippen LogP contribution is -2.36. The molecular formula is C14H15BrN2O. The van der Waals surface area contributed by atoms with Crippen LogP contribution in [0, 0.1) is 18.0 Å². The van der Waals surface area contributed by atoms with Crippen LogP contribution in [0.1, 0.15) is 12.5 Å². The first-order chi connectivity index (χ1) is 8.54. The van der Waals surface area contributed by atoms with Crippen LogP contribution in [0.3, 0.4) is 0 Å². The van der Waals surface area contributed by atoms with Crippen LogP contribution in [-0.4, -0.2) is 9.31 Å². The van der Waals surface area contributed by atoms with Crippen molar-refractivity contribution in [3.8, 4) is 0 Å². The first kappa shape index (κ1) is 13.0. The maximum atomic E-state index is 12.3. The van der Waals surface area contributed by atoms with Gasteiger partial charge in [0.2, 0.25) is 0 Å². The van der Waals surface area contributed by atoms with Gasteiger partial charge in [0.05, 0.1) is 5.92 Å². The van der Waals surface area contributed by atoms with E-state index in [0.717, 1.165) is 10.4 Å². The molecule has 0 saturated carbocycles. The van der Waals surface area contributed by atoms with Crippen molar-refractivity contribution >= 4 is 21.6 Å². The number of hydrogen-bond acceptors (Lipinski definition) is 2. The van der Waals surface area contributed by atoms with Crippen molar-refractivity contribution in [2.75, 3.05) is 0 Å². The molecule has 1 aliphatic rings. The van der Waals surface area contributed by atoms with E-state index < -0.39 is 4.45 Å². The molecule has 94 valence electrons. The molecule has 0 saturated heterocycles. The van der Waals surface area contributed by atoms with E-state index in [1.165, 1.54) is 0 Å². The van der Waals surface area contributed by atoms with E-state index in [4.69, 9.17) is 0 Å². The summed E-state index contributed by atoms with van der Waals surface area (Å²) in [4.78, 5) is 0.736. The Bertz CT molecular complexity index is 536. The number of alkyl halides is 1. The lowest BCUT2D eigenvalue weighted by atomic mass is 9.98. The molecule has 0 spiro atoms. The number of benzene rings is 1. The summed E-state index contributed by atoms with van der Waals surface area (Å²) in [6.45, 7) is 3.92. The zero-order chi connectivity index (χ0) is 13.2. The normalized spacial score (nSPS) is 27.5. The number of halogens is 1. The Morgan fingerprint density at radius 3 is 2.72 bits per heavy atom. The molecule has 0 aliphatic heterocycles. The maximum absolute atomic E-state index is 12.3. The van der Waals surface area contributed by atoms with Crippen molar-refractivity contribution in [2.24, 2.45) is 11.0 Å². The molecule has 0 heterocycles. The Balaban J connectivity index is 2.37. The molecule has 1 aromatic rings. The van der Waals surface area contributed by atoms with Gasteiger partial charge in [0.1, 0.15) is 5.69 Å². The molecule has 0 fully saturated rings. The molecule has 4 heteroatoms. The number of rotatable bonds is 2. The zero-order valence-electron chi connectivity index (χ0n) is 10.4. The summed E-state index contributed by atoms with van der Waals surface area (Å²) in [6, 6.07) is 7.58. The highest BCUT2D eigenvalue weighted by atomic mass is 79.9. The third-order valence-electron chi connectivity index (χ3n) is 3.09. The van der Waals surface area contributed by atoms with Crippen LogP contribution in [0.4, 0.5) is 5.69 Å². The van der Waals surface area contributed by atoms with Crippen molar-refractivity contribution in [1.82, 2.24) is 0 Å². The van der Waals surface area contributed by atoms with E-state index >= 15 is 0 Å². The smallest absolute Gasteiger partial charge is 0.277 e. The molecule has 0 bridgehead atoms. The number of allylic oxidation sites excluding steroid dienone is 2. The SMILES string of the molecule is Cc1ccccc1N=[N+]([O-])C1(Br)C=CC=CC1C. The van der Waals surface area contributed by atoms with E-state index in [1.54, 1.807) is 0 Å².